The van der Waals surface area contributed by atoms with Gasteiger partial charge in [0.25, 0.3) is 5.92 Å². The molecule has 108 valence electrons. The summed E-state index contributed by atoms with van der Waals surface area (Å²) in [5.74, 6) is -3.77. The lowest BCUT2D eigenvalue weighted by Gasteiger charge is -2.13. The normalized spacial score (nSPS) is 11.7. The molecule has 0 radical (unpaired) electrons. The first-order chi connectivity index (χ1) is 8.82. The zero-order chi connectivity index (χ0) is 14.6. The average molecular weight is 406 g/mol. The van der Waals surface area contributed by atoms with Gasteiger partial charge in [-0.2, -0.15) is 5.10 Å². The monoisotopic (exact) mass is 404 g/mol. The molecular weight excluding hydrogens is 394 g/mol. The fraction of sp³-hybridized carbons (Fsp3) is 0.600. The van der Waals surface area contributed by atoms with Crippen molar-refractivity contribution in [2.24, 2.45) is 0 Å². The summed E-state index contributed by atoms with van der Waals surface area (Å²) in [4.78, 5) is 11.6. The maximum Gasteiger partial charge on any atom is 0.343 e. The number of alkyl halides is 2. The molecule has 9 heteroatoms. The van der Waals surface area contributed by atoms with Gasteiger partial charge in [-0.15, -0.1) is 0 Å². The van der Waals surface area contributed by atoms with Crippen molar-refractivity contribution in [3.05, 3.63) is 14.8 Å². The van der Waals surface area contributed by atoms with Gasteiger partial charge in [-0.1, -0.05) is 0 Å². The number of esters is 1. The molecule has 0 bridgehead atoms. The fourth-order valence-corrected chi connectivity index (χ4v) is 2.70. The fourth-order valence-electron chi connectivity index (χ4n) is 1.28. The van der Waals surface area contributed by atoms with Crippen LogP contribution in [-0.2, 0) is 11.3 Å². The summed E-state index contributed by atoms with van der Waals surface area (Å²) < 4.78 is 32.4. The van der Waals surface area contributed by atoms with E-state index in [2.05, 4.69) is 37.0 Å². The number of aryl methyl sites for hydroxylation is 1. The Kier molecular flexibility index (Phi) is 5.87. The number of hydrogen-bond donors (Lipinski definition) is 1. The second-order valence-corrected chi connectivity index (χ2v) is 5.17. The number of ether oxygens (including phenoxy) is 1. The van der Waals surface area contributed by atoms with Crippen molar-refractivity contribution >= 4 is 37.8 Å². The predicted molar refractivity (Wildman–Crippen MR) is 70.2 cm³/mol. The smallest absolute Gasteiger partial charge is 0.343 e. The summed E-state index contributed by atoms with van der Waals surface area (Å²) in [6.07, 6.45) is -0.585. The maximum atomic E-state index is 12.9. The molecule has 0 aromatic carbocycles. The molecule has 0 saturated heterocycles. The van der Waals surface area contributed by atoms with E-state index in [1.54, 1.807) is 6.92 Å². The van der Waals surface area contributed by atoms with Crippen LogP contribution in [0.15, 0.2) is 9.21 Å². The number of aliphatic hydroxyl groups is 1. The van der Waals surface area contributed by atoms with Crippen LogP contribution in [0.1, 0.15) is 23.7 Å². The largest absolute Gasteiger partial charge is 0.462 e. The molecule has 5 nitrogen and oxygen atoms in total. The van der Waals surface area contributed by atoms with E-state index in [1.807, 2.05) is 0 Å². The Balaban J connectivity index is 2.88. The van der Waals surface area contributed by atoms with E-state index in [1.165, 1.54) is 4.68 Å². The lowest BCUT2D eigenvalue weighted by atomic mass is 10.2. The van der Waals surface area contributed by atoms with E-state index in [-0.39, 0.29) is 27.9 Å². The number of aromatic nitrogens is 2. The molecule has 1 N–H and O–H groups in total. The van der Waals surface area contributed by atoms with Gasteiger partial charge in [0.05, 0.1) is 6.61 Å². The molecular formula is C10H12Br2F2N2O3. The molecule has 0 unspecified atom stereocenters. The summed E-state index contributed by atoms with van der Waals surface area (Å²) in [5, 5.41) is 12.4. The molecule has 19 heavy (non-hydrogen) atoms. The van der Waals surface area contributed by atoms with Crippen molar-refractivity contribution in [1.82, 2.24) is 9.78 Å². The van der Waals surface area contributed by atoms with Crippen molar-refractivity contribution in [2.75, 3.05) is 13.2 Å². The number of rotatable bonds is 6. The van der Waals surface area contributed by atoms with Gasteiger partial charge in [0.1, 0.15) is 21.4 Å². The third-order valence-electron chi connectivity index (χ3n) is 2.25. The van der Waals surface area contributed by atoms with E-state index in [9.17, 15) is 13.6 Å². The van der Waals surface area contributed by atoms with Crippen LogP contribution < -0.4 is 0 Å². The number of carbonyl (C=O) groups excluding carboxylic acids is 1. The van der Waals surface area contributed by atoms with Gasteiger partial charge in [0.15, 0.2) is 0 Å². The van der Waals surface area contributed by atoms with Crippen LogP contribution >= 0.6 is 31.9 Å². The second kappa shape index (κ2) is 6.76. The van der Waals surface area contributed by atoms with Crippen molar-refractivity contribution in [2.45, 2.75) is 25.8 Å². The second-order valence-electron chi connectivity index (χ2n) is 3.66. The van der Waals surface area contributed by atoms with Crippen molar-refractivity contribution in [1.29, 1.82) is 0 Å². The van der Waals surface area contributed by atoms with Gasteiger partial charge in [-0.05, 0) is 38.8 Å². The number of aliphatic hydroxyl groups excluding tert-OH is 1. The summed E-state index contributed by atoms with van der Waals surface area (Å²) in [7, 11) is 0. The molecule has 0 amide bonds. The zero-order valence-corrected chi connectivity index (χ0v) is 13.2. The van der Waals surface area contributed by atoms with Crippen LogP contribution in [0.2, 0.25) is 0 Å². The Hall–Kier alpha value is -0.540. The zero-order valence-electron chi connectivity index (χ0n) is 10.00. The summed E-state index contributed by atoms with van der Waals surface area (Å²) >= 11 is 6.20. The first-order valence-electron chi connectivity index (χ1n) is 5.40. The van der Waals surface area contributed by atoms with Crippen LogP contribution in [0.4, 0.5) is 8.78 Å². The molecule has 1 heterocycles. The Bertz CT molecular complexity index is 466. The van der Waals surface area contributed by atoms with E-state index in [0.29, 0.717) is 0 Å². The average Bonchev–Trinajstić information content (AvgIpc) is 2.62. The highest BCUT2D eigenvalue weighted by Crippen LogP contribution is 2.27. The minimum Gasteiger partial charge on any atom is -0.462 e. The van der Waals surface area contributed by atoms with Crippen molar-refractivity contribution < 1.29 is 23.4 Å². The highest BCUT2D eigenvalue weighted by atomic mass is 79.9. The van der Waals surface area contributed by atoms with Crippen LogP contribution in [0.3, 0.4) is 0 Å². The standard InChI is InChI=1S/C10H12Br2F2N2O3/c1-2-19-9(18)6-7(11)15-16(8(6)12)4-3-10(13,14)5-17/h17H,2-5H2,1H3. The number of carbonyl (C=O) groups is 1. The van der Waals surface area contributed by atoms with Crippen LogP contribution in [-0.4, -0.2) is 40.0 Å². The molecule has 0 fully saturated rings. The van der Waals surface area contributed by atoms with Gasteiger partial charge in [-0.25, -0.2) is 13.6 Å². The van der Waals surface area contributed by atoms with Crippen LogP contribution in [0.5, 0.6) is 0 Å². The van der Waals surface area contributed by atoms with Gasteiger partial charge in [0, 0.05) is 13.0 Å². The van der Waals surface area contributed by atoms with Gasteiger partial charge >= 0.3 is 5.97 Å². The lowest BCUT2D eigenvalue weighted by Crippen LogP contribution is -2.23. The first-order valence-corrected chi connectivity index (χ1v) is 6.98. The molecule has 0 aliphatic rings. The molecule has 0 spiro atoms. The number of hydrogen-bond acceptors (Lipinski definition) is 4. The Morgan fingerprint density at radius 2 is 2.16 bits per heavy atom. The number of nitrogens with zero attached hydrogens (tertiary/aromatic N) is 2. The molecule has 0 atom stereocenters. The predicted octanol–water partition coefficient (Wildman–Crippen LogP) is 2.60. The van der Waals surface area contributed by atoms with Gasteiger partial charge < -0.3 is 9.84 Å². The summed E-state index contributed by atoms with van der Waals surface area (Å²) in [5.41, 5.74) is 0.147. The molecule has 0 aliphatic carbocycles. The quantitative estimate of drug-likeness (QED) is 0.739. The van der Waals surface area contributed by atoms with E-state index < -0.39 is 24.9 Å². The summed E-state index contributed by atoms with van der Waals surface area (Å²) in [6.45, 7) is 0.487. The number of halogens is 4. The van der Waals surface area contributed by atoms with E-state index in [4.69, 9.17) is 9.84 Å². The molecule has 0 aliphatic heterocycles. The Morgan fingerprint density at radius 1 is 1.53 bits per heavy atom. The topological polar surface area (TPSA) is 64.3 Å². The van der Waals surface area contributed by atoms with Gasteiger partial charge in [0.2, 0.25) is 0 Å². The highest BCUT2D eigenvalue weighted by Gasteiger charge is 2.29. The first kappa shape index (κ1) is 16.5. The van der Waals surface area contributed by atoms with Crippen LogP contribution in [0, 0.1) is 0 Å². The molecule has 1 rings (SSSR count). The minimum atomic E-state index is -3.18. The van der Waals surface area contributed by atoms with E-state index in [0.717, 1.165) is 0 Å². The SMILES string of the molecule is CCOC(=O)c1c(Br)nn(CCC(F)(F)CO)c1Br. The molecule has 0 saturated carbocycles. The lowest BCUT2D eigenvalue weighted by molar-refractivity contribution is -0.0597. The van der Waals surface area contributed by atoms with Gasteiger partial charge in [-0.3, -0.25) is 4.68 Å². The molecule has 1 aromatic rings. The van der Waals surface area contributed by atoms with Crippen LogP contribution in [0.25, 0.3) is 0 Å². The maximum absolute atomic E-state index is 12.9. The third kappa shape index (κ3) is 4.22. The third-order valence-corrected chi connectivity index (χ3v) is 3.61. The summed E-state index contributed by atoms with van der Waals surface area (Å²) in [6, 6.07) is 0. The molecule has 1 aromatic heterocycles. The Morgan fingerprint density at radius 3 is 2.68 bits per heavy atom. The van der Waals surface area contributed by atoms with E-state index >= 15 is 0 Å². The highest BCUT2D eigenvalue weighted by molar-refractivity contribution is 9.11. The van der Waals surface area contributed by atoms with Crippen molar-refractivity contribution in [3.63, 3.8) is 0 Å². The Labute approximate surface area is 125 Å². The van der Waals surface area contributed by atoms with Crippen molar-refractivity contribution in [3.8, 4) is 0 Å². The minimum absolute atomic E-state index is 0.147.